The Labute approximate surface area is 119 Å². The number of aromatic nitrogens is 1. The maximum Gasteiger partial charge on any atom is 0.0664 e. The molecule has 1 aromatic heterocycles. The number of benzene rings is 2. The highest BCUT2D eigenvalue weighted by Crippen LogP contribution is 2.25. The molecular weight excluding hydrogens is 244 g/mol. The molecule has 0 saturated carbocycles. The molecule has 2 nitrogen and oxygen atoms in total. The molecule has 0 saturated heterocycles. The van der Waals surface area contributed by atoms with Crippen molar-refractivity contribution in [2.75, 3.05) is 0 Å². The van der Waals surface area contributed by atoms with Crippen LogP contribution in [0.15, 0.2) is 53.7 Å². The van der Waals surface area contributed by atoms with Crippen molar-refractivity contribution in [1.82, 2.24) is 4.98 Å². The standard InChI is InChI=1S/2C9H9N/c1-7-2-3-9-8(6-7)4-5-10-9;1-7-3-2-4-9-8(7)5-6-10-9/h2-6,10H,1H3;2-4,6H,5H2,1H3. The smallest absolute Gasteiger partial charge is 0.0664 e. The Hall–Kier alpha value is -2.35. The summed E-state index contributed by atoms with van der Waals surface area (Å²) in [7, 11) is 0. The van der Waals surface area contributed by atoms with Crippen molar-refractivity contribution in [2.24, 2.45) is 4.99 Å². The zero-order chi connectivity index (χ0) is 13.9. The highest BCUT2D eigenvalue weighted by molar-refractivity contribution is 5.79. The Morgan fingerprint density at radius 2 is 1.95 bits per heavy atom. The molecule has 3 aromatic rings. The van der Waals surface area contributed by atoms with Crippen LogP contribution >= 0.6 is 0 Å². The van der Waals surface area contributed by atoms with Crippen LogP contribution < -0.4 is 0 Å². The van der Waals surface area contributed by atoms with Crippen LogP contribution in [0.4, 0.5) is 5.69 Å². The summed E-state index contributed by atoms with van der Waals surface area (Å²) < 4.78 is 0. The first kappa shape index (κ1) is 12.7. The topological polar surface area (TPSA) is 28.1 Å². The lowest BCUT2D eigenvalue weighted by Gasteiger charge is -1.99. The van der Waals surface area contributed by atoms with Crippen LogP contribution in [0.3, 0.4) is 0 Å². The predicted molar refractivity (Wildman–Crippen MR) is 86.1 cm³/mol. The summed E-state index contributed by atoms with van der Waals surface area (Å²) >= 11 is 0. The average molecular weight is 262 g/mol. The molecule has 0 radical (unpaired) electrons. The van der Waals surface area contributed by atoms with Crippen LogP contribution in [0.1, 0.15) is 16.7 Å². The molecule has 1 aliphatic rings. The lowest BCUT2D eigenvalue weighted by molar-refractivity contribution is 1.31. The molecule has 0 unspecified atom stereocenters. The number of hydrogen-bond acceptors (Lipinski definition) is 1. The number of fused-ring (bicyclic) bond motifs is 2. The Kier molecular flexibility index (Phi) is 3.38. The van der Waals surface area contributed by atoms with E-state index in [1.54, 1.807) is 0 Å². The third kappa shape index (κ3) is 2.50. The molecule has 2 aromatic carbocycles. The summed E-state index contributed by atoms with van der Waals surface area (Å²) in [5.41, 5.74) is 6.43. The first-order chi connectivity index (χ1) is 9.74. The van der Waals surface area contributed by atoms with E-state index in [-0.39, 0.29) is 0 Å². The van der Waals surface area contributed by atoms with Crippen molar-refractivity contribution in [3.05, 3.63) is 65.4 Å². The lowest BCUT2D eigenvalue weighted by atomic mass is 10.1. The van der Waals surface area contributed by atoms with Crippen LogP contribution in [0.2, 0.25) is 0 Å². The van der Waals surface area contributed by atoms with Gasteiger partial charge in [0.2, 0.25) is 0 Å². The number of nitrogens with one attached hydrogen (secondary N) is 1. The van der Waals surface area contributed by atoms with Gasteiger partial charge in [-0.3, -0.25) is 4.99 Å². The summed E-state index contributed by atoms with van der Waals surface area (Å²) in [5.74, 6) is 0. The van der Waals surface area contributed by atoms with Crippen molar-refractivity contribution in [1.29, 1.82) is 0 Å². The van der Waals surface area contributed by atoms with E-state index >= 15 is 0 Å². The van der Waals surface area contributed by atoms with Crippen molar-refractivity contribution < 1.29 is 0 Å². The van der Waals surface area contributed by atoms with E-state index in [4.69, 9.17) is 0 Å². The van der Waals surface area contributed by atoms with E-state index < -0.39 is 0 Å². The van der Waals surface area contributed by atoms with E-state index in [2.05, 4.69) is 66.3 Å². The molecule has 0 aliphatic carbocycles. The lowest BCUT2D eigenvalue weighted by Crippen LogP contribution is -1.83. The SMILES string of the molecule is Cc1ccc2[nH]ccc2c1.Cc1cccc2c1CC=N2. The molecule has 0 fully saturated rings. The number of H-pyrrole nitrogens is 1. The third-order valence-corrected chi connectivity index (χ3v) is 3.62. The Morgan fingerprint density at radius 1 is 1.05 bits per heavy atom. The number of rotatable bonds is 0. The summed E-state index contributed by atoms with van der Waals surface area (Å²) in [6, 6.07) is 14.7. The van der Waals surface area contributed by atoms with Crippen LogP contribution in [0.25, 0.3) is 10.9 Å². The summed E-state index contributed by atoms with van der Waals surface area (Å²) in [4.78, 5) is 7.38. The molecule has 0 amide bonds. The number of aryl methyl sites for hydroxylation is 2. The molecule has 0 spiro atoms. The molecule has 2 heterocycles. The molecule has 100 valence electrons. The van der Waals surface area contributed by atoms with Crippen LogP contribution in [0.5, 0.6) is 0 Å². The zero-order valence-corrected chi connectivity index (χ0v) is 11.9. The van der Waals surface area contributed by atoms with E-state index in [1.807, 2.05) is 12.4 Å². The minimum absolute atomic E-state index is 1.02. The normalized spacial score (nSPS) is 12.1. The van der Waals surface area contributed by atoms with Gasteiger partial charge in [0.25, 0.3) is 0 Å². The quantitative estimate of drug-likeness (QED) is 0.606. The van der Waals surface area contributed by atoms with Crippen molar-refractivity contribution in [3.8, 4) is 0 Å². The maximum atomic E-state index is 4.24. The van der Waals surface area contributed by atoms with Crippen LogP contribution in [-0.2, 0) is 6.42 Å². The molecule has 0 atom stereocenters. The number of aliphatic imine (C=N–C) groups is 1. The van der Waals surface area contributed by atoms with E-state index in [0.717, 1.165) is 12.1 Å². The molecule has 1 aliphatic heterocycles. The van der Waals surface area contributed by atoms with Gasteiger partial charge in [0, 0.05) is 24.3 Å². The molecule has 0 bridgehead atoms. The predicted octanol–water partition coefficient (Wildman–Crippen LogP) is 4.73. The number of hydrogen-bond donors (Lipinski definition) is 1. The van der Waals surface area contributed by atoms with Gasteiger partial charge in [-0.2, -0.15) is 0 Å². The fourth-order valence-electron chi connectivity index (χ4n) is 2.48. The van der Waals surface area contributed by atoms with Gasteiger partial charge in [0.1, 0.15) is 0 Å². The van der Waals surface area contributed by atoms with Gasteiger partial charge in [-0.05, 0) is 54.6 Å². The monoisotopic (exact) mass is 262 g/mol. The summed E-state index contributed by atoms with van der Waals surface area (Å²) in [5, 5.41) is 1.29. The maximum absolute atomic E-state index is 4.24. The summed E-state index contributed by atoms with van der Waals surface area (Å²) in [6.07, 6.45) is 4.95. The minimum atomic E-state index is 1.02. The second kappa shape index (κ2) is 5.33. The van der Waals surface area contributed by atoms with Crippen molar-refractivity contribution in [2.45, 2.75) is 20.3 Å². The zero-order valence-electron chi connectivity index (χ0n) is 11.9. The average Bonchev–Trinajstić information content (AvgIpc) is 3.07. The van der Waals surface area contributed by atoms with Gasteiger partial charge in [0.05, 0.1) is 5.69 Å². The van der Waals surface area contributed by atoms with E-state index in [9.17, 15) is 0 Å². The molecule has 20 heavy (non-hydrogen) atoms. The van der Waals surface area contributed by atoms with Gasteiger partial charge in [-0.25, -0.2) is 0 Å². The highest BCUT2D eigenvalue weighted by atomic mass is 14.7. The highest BCUT2D eigenvalue weighted by Gasteiger charge is 2.06. The Morgan fingerprint density at radius 3 is 2.80 bits per heavy atom. The fraction of sp³-hybridized carbons (Fsp3) is 0.167. The van der Waals surface area contributed by atoms with Crippen molar-refractivity contribution >= 4 is 22.8 Å². The molecule has 4 rings (SSSR count). The number of aromatic amines is 1. The minimum Gasteiger partial charge on any atom is -0.361 e. The van der Waals surface area contributed by atoms with Crippen LogP contribution in [-0.4, -0.2) is 11.2 Å². The van der Waals surface area contributed by atoms with Gasteiger partial charge in [-0.1, -0.05) is 23.8 Å². The second-order valence-electron chi connectivity index (χ2n) is 5.16. The van der Waals surface area contributed by atoms with Crippen molar-refractivity contribution in [3.63, 3.8) is 0 Å². The van der Waals surface area contributed by atoms with Gasteiger partial charge < -0.3 is 4.98 Å². The van der Waals surface area contributed by atoms with Gasteiger partial charge in [-0.15, -0.1) is 0 Å². The molecule has 1 N–H and O–H groups in total. The van der Waals surface area contributed by atoms with E-state index in [0.29, 0.717) is 0 Å². The Bertz CT molecular complexity index is 766. The van der Waals surface area contributed by atoms with Gasteiger partial charge in [0.15, 0.2) is 0 Å². The third-order valence-electron chi connectivity index (χ3n) is 3.62. The van der Waals surface area contributed by atoms with Crippen LogP contribution in [0, 0.1) is 13.8 Å². The molecule has 2 heteroatoms. The molecular formula is C18H18N2. The largest absolute Gasteiger partial charge is 0.361 e. The second-order valence-corrected chi connectivity index (χ2v) is 5.16. The van der Waals surface area contributed by atoms with E-state index in [1.165, 1.54) is 27.6 Å². The summed E-state index contributed by atoms with van der Waals surface area (Å²) in [6.45, 7) is 4.24. The first-order valence-electron chi connectivity index (χ1n) is 6.89. The number of nitrogens with zero attached hydrogens (tertiary/aromatic N) is 1. The fourth-order valence-corrected chi connectivity index (χ4v) is 2.48. The Balaban J connectivity index is 0.000000121. The first-order valence-corrected chi connectivity index (χ1v) is 6.89. The van der Waals surface area contributed by atoms with Gasteiger partial charge >= 0.3 is 0 Å².